The summed E-state index contributed by atoms with van der Waals surface area (Å²) in [6.07, 6.45) is 2.99. The third-order valence-corrected chi connectivity index (χ3v) is 4.50. The average Bonchev–Trinajstić information content (AvgIpc) is 2.78. The van der Waals surface area contributed by atoms with Crippen molar-refractivity contribution in [3.8, 4) is 5.75 Å². The number of phenolic OH excluding ortho intramolecular Hbond substituents is 1. The molecule has 7 nitrogen and oxygen atoms in total. The Morgan fingerprint density at radius 3 is 1.56 bits per heavy atom. The topological polar surface area (TPSA) is 93.1 Å². The van der Waals surface area contributed by atoms with Crippen LogP contribution in [0.5, 0.6) is 5.75 Å². The van der Waals surface area contributed by atoms with Gasteiger partial charge in [0.15, 0.2) is 10.2 Å². The van der Waals surface area contributed by atoms with Gasteiger partial charge in [0, 0.05) is 22.5 Å². The molecule has 162 valence electrons. The lowest BCUT2D eigenvalue weighted by Gasteiger charge is -2.08. The molecule has 0 amide bonds. The summed E-state index contributed by atoms with van der Waals surface area (Å²) >= 11 is 10.4. The lowest BCUT2D eigenvalue weighted by atomic mass is 10.1. The van der Waals surface area contributed by atoms with E-state index in [1.165, 1.54) is 12.4 Å². The monoisotopic (exact) mass is 462 g/mol. The molecule has 0 saturated carbocycles. The number of nitrogens with one attached hydrogen (secondary N) is 4. The molecule has 9 heteroatoms. The van der Waals surface area contributed by atoms with Crippen LogP contribution in [0.15, 0.2) is 83.0 Å². The second-order valence-electron chi connectivity index (χ2n) is 6.67. The summed E-state index contributed by atoms with van der Waals surface area (Å²) in [6, 6.07) is 22.6. The molecule has 3 aromatic rings. The molecular formula is C23H22N6OS2. The van der Waals surface area contributed by atoms with Gasteiger partial charge >= 0.3 is 0 Å². The summed E-state index contributed by atoms with van der Waals surface area (Å²) in [5.41, 5.74) is 9.14. The largest absolute Gasteiger partial charge is 0.507 e. The van der Waals surface area contributed by atoms with Gasteiger partial charge in [0.25, 0.3) is 0 Å². The lowest BCUT2D eigenvalue weighted by Crippen LogP contribution is -2.24. The summed E-state index contributed by atoms with van der Waals surface area (Å²) in [4.78, 5) is 0. The predicted octanol–water partition coefficient (Wildman–Crippen LogP) is 4.34. The first-order valence-corrected chi connectivity index (χ1v) is 10.5. The van der Waals surface area contributed by atoms with Crippen LogP contribution in [0.2, 0.25) is 0 Å². The van der Waals surface area contributed by atoms with Crippen LogP contribution < -0.4 is 21.5 Å². The number of nitrogens with zero attached hydrogens (tertiary/aromatic N) is 2. The molecule has 0 saturated heterocycles. The molecular weight excluding hydrogens is 440 g/mol. The van der Waals surface area contributed by atoms with E-state index in [0.717, 1.165) is 16.9 Å². The number of aryl methyl sites for hydroxylation is 1. The van der Waals surface area contributed by atoms with Crippen molar-refractivity contribution < 1.29 is 5.11 Å². The SMILES string of the molecule is Cc1cc(/C=N\NC(=S)Nc2ccccc2)c(O)c(/C=N\NC(=S)Nc2ccccc2)c1. The molecule has 0 aliphatic rings. The standard InChI is InChI=1S/C23H22N6OS2/c1-16-12-17(14-24-28-22(31)26-19-8-4-2-5-9-19)21(30)18(13-16)15-25-29-23(32)27-20-10-6-3-7-11-20/h2-15,30H,1H3,(H2,26,28,31)(H2,27,29,32)/b24-14-,25-15-. The minimum absolute atomic E-state index is 0.0376. The van der Waals surface area contributed by atoms with Crippen LogP contribution >= 0.6 is 24.4 Å². The van der Waals surface area contributed by atoms with Gasteiger partial charge in [0.2, 0.25) is 0 Å². The molecule has 0 bridgehead atoms. The van der Waals surface area contributed by atoms with Crippen LogP contribution in [0.1, 0.15) is 16.7 Å². The molecule has 0 aromatic heterocycles. The maximum absolute atomic E-state index is 10.6. The van der Waals surface area contributed by atoms with Gasteiger partial charge in [-0.15, -0.1) is 0 Å². The van der Waals surface area contributed by atoms with Gasteiger partial charge in [-0.2, -0.15) is 10.2 Å². The molecule has 3 rings (SSSR count). The van der Waals surface area contributed by atoms with E-state index in [0.29, 0.717) is 21.4 Å². The summed E-state index contributed by atoms with van der Waals surface area (Å²) in [6.45, 7) is 1.91. The molecule has 0 fully saturated rings. The Kier molecular flexibility index (Phi) is 8.24. The number of rotatable bonds is 6. The van der Waals surface area contributed by atoms with Crippen molar-refractivity contribution in [3.63, 3.8) is 0 Å². The fraction of sp³-hybridized carbons (Fsp3) is 0.0435. The highest BCUT2D eigenvalue weighted by Crippen LogP contribution is 2.21. The van der Waals surface area contributed by atoms with Crippen molar-refractivity contribution in [2.45, 2.75) is 6.92 Å². The van der Waals surface area contributed by atoms with Crippen molar-refractivity contribution in [1.82, 2.24) is 10.9 Å². The van der Waals surface area contributed by atoms with Crippen molar-refractivity contribution in [3.05, 3.63) is 89.5 Å². The maximum Gasteiger partial charge on any atom is 0.191 e. The average molecular weight is 463 g/mol. The Morgan fingerprint density at radius 1 is 0.750 bits per heavy atom. The van der Waals surface area contributed by atoms with E-state index in [9.17, 15) is 5.11 Å². The Balaban J connectivity index is 1.59. The number of phenols is 1. The summed E-state index contributed by atoms with van der Waals surface area (Å²) in [7, 11) is 0. The first-order valence-electron chi connectivity index (χ1n) is 9.65. The molecule has 0 aliphatic heterocycles. The Morgan fingerprint density at radius 2 is 1.16 bits per heavy atom. The van der Waals surface area contributed by atoms with Gasteiger partial charge in [0.05, 0.1) is 12.4 Å². The van der Waals surface area contributed by atoms with Crippen molar-refractivity contribution in [2.24, 2.45) is 10.2 Å². The van der Waals surface area contributed by atoms with Crippen LogP contribution in [-0.4, -0.2) is 27.8 Å². The number of para-hydroxylation sites is 2. The zero-order valence-electron chi connectivity index (χ0n) is 17.2. The lowest BCUT2D eigenvalue weighted by molar-refractivity contribution is 0.473. The highest BCUT2D eigenvalue weighted by molar-refractivity contribution is 7.80. The van der Waals surface area contributed by atoms with Crippen molar-refractivity contribution >= 4 is 58.5 Å². The number of hydrogen-bond acceptors (Lipinski definition) is 5. The first-order chi connectivity index (χ1) is 15.5. The van der Waals surface area contributed by atoms with E-state index >= 15 is 0 Å². The Labute approximate surface area is 197 Å². The van der Waals surface area contributed by atoms with Gasteiger partial charge in [-0.1, -0.05) is 36.4 Å². The summed E-state index contributed by atoms with van der Waals surface area (Å²) in [5, 5.41) is 25.5. The van der Waals surface area contributed by atoms with Crippen molar-refractivity contribution in [2.75, 3.05) is 10.6 Å². The van der Waals surface area contributed by atoms with Gasteiger partial charge in [0.1, 0.15) is 5.75 Å². The highest BCUT2D eigenvalue weighted by atomic mass is 32.1. The zero-order valence-corrected chi connectivity index (χ0v) is 18.9. The molecule has 0 spiro atoms. The quantitative estimate of drug-likeness (QED) is 0.211. The zero-order chi connectivity index (χ0) is 22.8. The van der Waals surface area contributed by atoms with Crippen LogP contribution in [0.3, 0.4) is 0 Å². The van der Waals surface area contributed by atoms with Crippen LogP contribution in [-0.2, 0) is 0 Å². The van der Waals surface area contributed by atoms with Gasteiger partial charge < -0.3 is 15.7 Å². The van der Waals surface area contributed by atoms with Crippen LogP contribution in [0.25, 0.3) is 0 Å². The van der Waals surface area contributed by atoms with E-state index in [-0.39, 0.29) is 5.75 Å². The smallest absolute Gasteiger partial charge is 0.191 e. The molecule has 0 aliphatic carbocycles. The normalized spacial score (nSPS) is 10.8. The summed E-state index contributed by atoms with van der Waals surface area (Å²) < 4.78 is 0. The fourth-order valence-electron chi connectivity index (χ4n) is 2.71. The Bertz CT molecular complexity index is 1050. The predicted molar refractivity (Wildman–Crippen MR) is 140 cm³/mol. The minimum Gasteiger partial charge on any atom is -0.507 e. The van der Waals surface area contributed by atoms with Gasteiger partial charge in [-0.05, 0) is 73.3 Å². The molecule has 3 aromatic carbocycles. The molecule has 0 unspecified atom stereocenters. The Hall–Kier alpha value is -3.82. The summed E-state index contributed by atoms with van der Waals surface area (Å²) in [5.74, 6) is 0.0376. The number of thiocarbonyl (C=S) groups is 2. The van der Waals surface area contributed by atoms with Crippen molar-refractivity contribution in [1.29, 1.82) is 0 Å². The number of aromatic hydroxyl groups is 1. The second kappa shape index (κ2) is 11.5. The molecule has 0 radical (unpaired) electrons. The molecule has 5 N–H and O–H groups in total. The number of benzene rings is 3. The minimum atomic E-state index is 0.0376. The maximum atomic E-state index is 10.6. The highest BCUT2D eigenvalue weighted by Gasteiger charge is 2.06. The van der Waals surface area contributed by atoms with E-state index in [1.54, 1.807) is 12.1 Å². The van der Waals surface area contributed by atoms with Gasteiger partial charge in [-0.25, -0.2) is 0 Å². The molecule has 0 atom stereocenters. The van der Waals surface area contributed by atoms with Crippen LogP contribution in [0, 0.1) is 6.92 Å². The van der Waals surface area contributed by atoms with E-state index in [4.69, 9.17) is 24.4 Å². The van der Waals surface area contributed by atoms with E-state index in [1.807, 2.05) is 67.6 Å². The number of anilines is 2. The van der Waals surface area contributed by atoms with Gasteiger partial charge in [-0.3, -0.25) is 10.9 Å². The van der Waals surface area contributed by atoms with E-state index in [2.05, 4.69) is 31.7 Å². The first kappa shape index (κ1) is 22.9. The number of hydrazone groups is 2. The molecule has 0 heterocycles. The van der Waals surface area contributed by atoms with E-state index < -0.39 is 0 Å². The third-order valence-electron chi connectivity index (χ3n) is 4.12. The van der Waals surface area contributed by atoms with Crippen LogP contribution in [0.4, 0.5) is 11.4 Å². The second-order valence-corrected chi connectivity index (χ2v) is 7.49. The third kappa shape index (κ3) is 7.15. The fourth-order valence-corrected chi connectivity index (χ4v) is 3.06. The number of hydrogen-bond donors (Lipinski definition) is 5. The molecule has 32 heavy (non-hydrogen) atoms.